The maximum Gasteiger partial charge on any atom is 0.121 e. The van der Waals surface area contributed by atoms with E-state index in [9.17, 15) is 0 Å². The Labute approximate surface area is 112 Å². The molecule has 0 unspecified atom stereocenters. The number of benzene rings is 1. The summed E-state index contributed by atoms with van der Waals surface area (Å²) in [6, 6.07) is 6.09. The van der Waals surface area contributed by atoms with E-state index in [2.05, 4.69) is 17.6 Å². The van der Waals surface area contributed by atoms with Crippen LogP contribution in [0.3, 0.4) is 0 Å². The summed E-state index contributed by atoms with van der Waals surface area (Å²) < 4.78 is 7.62. The third kappa shape index (κ3) is 1.77. The summed E-state index contributed by atoms with van der Waals surface area (Å²) in [6.45, 7) is 2.29. The zero-order chi connectivity index (χ0) is 12.8. The fraction of sp³-hybridized carbons (Fsp3) is 0.500. The van der Waals surface area contributed by atoms with Gasteiger partial charge in [-0.2, -0.15) is 0 Å². The number of ether oxygens (including phenoxy) is 1. The van der Waals surface area contributed by atoms with Crippen molar-refractivity contribution in [3.05, 3.63) is 24.0 Å². The number of methoxy groups -OCH3 is 1. The lowest BCUT2D eigenvalue weighted by atomic mass is 10.2. The Morgan fingerprint density at radius 1 is 1.44 bits per heavy atom. The first kappa shape index (κ1) is 11.8. The Bertz CT molecular complexity index is 587. The van der Waals surface area contributed by atoms with Crippen LogP contribution in [0.5, 0.6) is 5.75 Å². The highest BCUT2D eigenvalue weighted by Gasteiger charge is 2.41. The number of hydrogen-bond acceptors (Lipinski definition) is 2. The molecule has 3 nitrogen and oxygen atoms in total. The van der Waals surface area contributed by atoms with Crippen LogP contribution in [0.2, 0.25) is 0 Å². The van der Waals surface area contributed by atoms with Crippen LogP contribution in [0.4, 0.5) is 0 Å². The van der Waals surface area contributed by atoms with Gasteiger partial charge in [0.15, 0.2) is 0 Å². The molecule has 0 amide bonds. The predicted molar refractivity (Wildman–Crippen MR) is 73.6 cm³/mol. The molecule has 0 N–H and O–H groups in total. The highest BCUT2D eigenvalue weighted by molar-refractivity contribution is 6.17. The molecule has 0 bridgehead atoms. The van der Waals surface area contributed by atoms with Crippen molar-refractivity contribution in [2.75, 3.05) is 13.0 Å². The fourth-order valence-corrected chi connectivity index (χ4v) is 2.67. The second-order valence-corrected chi connectivity index (χ2v) is 5.53. The molecule has 4 heteroatoms. The first-order valence-corrected chi connectivity index (χ1v) is 6.83. The second kappa shape index (κ2) is 4.16. The van der Waals surface area contributed by atoms with Crippen molar-refractivity contribution in [2.24, 2.45) is 0 Å². The molecule has 3 rings (SSSR count). The average Bonchev–Trinajstić information content (AvgIpc) is 3.00. The topological polar surface area (TPSA) is 27.1 Å². The lowest BCUT2D eigenvalue weighted by Crippen LogP contribution is -2.16. The van der Waals surface area contributed by atoms with Gasteiger partial charge in [-0.05, 0) is 31.9 Å². The van der Waals surface area contributed by atoms with Gasteiger partial charge < -0.3 is 9.30 Å². The summed E-state index contributed by atoms with van der Waals surface area (Å²) in [5, 5.41) is 0. The molecule has 0 saturated heterocycles. The minimum absolute atomic E-state index is 0.241. The van der Waals surface area contributed by atoms with Crippen LogP contribution in [-0.4, -0.2) is 22.5 Å². The molecule has 1 aromatic carbocycles. The molecule has 1 aromatic heterocycles. The second-order valence-electron chi connectivity index (χ2n) is 5.15. The molecule has 2 aromatic rings. The van der Waals surface area contributed by atoms with Gasteiger partial charge in [0.05, 0.1) is 18.1 Å². The highest BCUT2D eigenvalue weighted by Crippen LogP contribution is 2.45. The van der Waals surface area contributed by atoms with E-state index in [-0.39, 0.29) is 5.54 Å². The molecule has 1 heterocycles. The summed E-state index contributed by atoms with van der Waals surface area (Å²) in [5.41, 5.74) is 2.43. The van der Waals surface area contributed by atoms with Crippen molar-refractivity contribution in [2.45, 2.75) is 31.7 Å². The van der Waals surface area contributed by atoms with Gasteiger partial charge in [-0.1, -0.05) is 0 Å². The molecule has 96 valence electrons. The number of fused-ring (bicyclic) bond motifs is 1. The van der Waals surface area contributed by atoms with E-state index < -0.39 is 0 Å². The molecule has 1 fully saturated rings. The van der Waals surface area contributed by atoms with E-state index in [0.29, 0.717) is 5.88 Å². The Morgan fingerprint density at radius 3 is 2.83 bits per heavy atom. The minimum Gasteiger partial charge on any atom is -0.497 e. The number of hydrogen-bond donors (Lipinski definition) is 0. The standard InChI is InChI=1S/C14H17ClN2O/c1-14(6-7-14)17-12-4-3-10(18-2)9-11(12)16-13(17)5-8-15/h3-4,9H,5-8H2,1-2H3. The average molecular weight is 265 g/mol. The fourth-order valence-electron chi connectivity index (χ4n) is 2.50. The maximum absolute atomic E-state index is 5.89. The van der Waals surface area contributed by atoms with E-state index in [1.54, 1.807) is 7.11 Å². The molecule has 1 aliphatic carbocycles. The largest absolute Gasteiger partial charge is 0.497 e. The number of imidazole rings is 1. The predicted octanol–water partition coefficient (Wildman–Crippen LogP) is 3.34. The number of rotatable bonds is 4. The van der Waals surface area contributed by atoms with Crippen LogP contribution < -0.4 is 4.74 Å². The third-order valence-corrected chi connectivity index (χ3v) is 3.95. The van der Waals surface area contributed by atoms with Gasteiger partial charge in [0.2, 0.25) is 0 Å². The molecule has 18 heavy (non-hydrogen) atoms. The molecule has 1 aliphatic rings. The van der Waals surface area contributed by atoms with E-state index >= 15 is 0 Å². The molecule has 0 spiro atoms. The molecular formula is C14H17ClN2O. The smallest absolute Gasteiger partial charge is 0.121 e. The van der Waals surface area contributed by atoms with E-state index in [0.717, 1.165) is 23.5 Å². The molecular weight excluding hydrogens is 248 g/mol. The first-order valence-electron chi connectivity index (χ1n) is 6.30. The number of aryl methyl sites for hydroxylation is 1. The summed E-state index contributed by atoms with van der Waals surface area (Å²) in [7, 11) is 1.68. The SMILES string of the molecule is COc1ccc2c(c1)nc(CCCl)n2C1(C)CC1. The van der Waals surface area contributed by atoms with E-state index in [4.69, 9.17) is 21.3 Å². The van der Waals surface area contributed by atoms with E-state index in [1.807, 2.05) is 12.1 Å². The van der Waals surface area contributed by atoms with Gasteiger partial charge in [-0.3, -0.25) is 0 Å². The van der Waals surface area contributed by atoms with Gasteiger partial charge >= 0.3 is 0 Å². The first-order chi connectivity index (χ1) is 8.68. The lowest BCUT2D eigenvalue weighted by molar-refractivity contribution is 0.415. The van der Waals surface area contributed by atoms with Crippen LogP contribution in [0.1, 0.15) is 25.6 Å². The number of alkyl halides is 1. The van der Waals surface area contributed by atoms with Gasteiger partial charge in [-0.25, -0.2) is 4.98 Å². The molecule has 0 aliphatic heterocycles. The third-order valence-electron chi connectivity index (χ3n) is 3.76. The van der Waals surface area contributed by atoms with Crippen LogP contribution in [0, 0.1) is 0 Å². The van der Waals surface area contributed by atoms with Crippen molar-refractivity contribution in [1.29, 1.82) is 0 Å². The highest BCUT2D eigenvalue weighted by atomic mass is 35.5. The zero-order valence-corrected chi connectivity index (χ0v) is 11.5. The van der Waals surface area contributed by atoms with Crippen LogP contribution in [-0.2, 0) is 12.0 Å². The van der Waals surface area contributed by atoms with Gasteiger partial charge in [0.25, 0.3) is 0 Å². The Balaban J connectivity index is 2.19. The summed E-state index contributed by atoms with van der Waals surface area (Å²) in [4.78, 5) is 4.72. The van der Waals surface area contributed by atoms with Crippen molar-refractivity contribution in [3.63, 3.8) is 0 Å². The Kier molecular flexibility index (Phi) is 2.74. The van der Waals surface area contributed by atoms with Crippen LogP contribution in [0.25, 0.3) is 11.0 Å². The quantitative estimate of drug-likeness (QED) is 0.792. The molecule has 1 saturated carbocycles. The minimum atomic E-state index is 0.241. The number of nitrogens with zero attached hydrogens (tertiary/aromatic N) is 2. The summed E-state index contributed by atoms with van der Waals surface area (Å²) >= 11 is 5.89. The zero-order valence-electron chi connectivity index (χ0n) is 10.7. The monoisotopic (exact) mass is 264 g/mol. The maximum atomic E-state index is 5.89. The van der Waals surface area contributed by atoms with Gasteiger partial charge in [0, 0.05) is 23.9 Å². The van der Waals surface area contributed by atoms with Gasteiger partial charge in [-0.15, -0.1) is 11.6 Å². The van der Waals surface area contributed by atoms with Crippen LogP contribution >= 0.6 is 11.6 Å². The number of aromatic nitrogens is 2. The summed E-state index contributed by atoms with van der Waals surface area (Å²) in [6.07, 6.45) is 3.26. The summed E-state index contributed by atoms with van der Waals surface area (Å²) in [5.74, 6) is 2.55. The Hall–Kier alpha value is -1.22. The van der Waals surface area contributed by atoms with Crippen molar-refractivity contribution < 1.29 is 4.74 Å². The van der Waals surface area contributed by atoms with Crippen molar-refractivity contribution >= 4 is 22.6 Å². The van der Waals surface area contributed by atoms with Crippen molar-refractivity contribution in [1.82, 2.24) is 9.55 Å². The normalized spacial score (nSPS) is 17.1. The van der Waals surface area contributed by atoms with Crippen molar-refractivity contribution in [3.8, 4) is 5.75 Å². The molecule has 0 atom stereocenters. The lowest BCUT2D eigenvalue weighted by Gasteiger charge is -2.15. The Morgan fingerprint density at radius 2 is 2.22 bits per heavy atom. The van der Waals surface area contributed by atoms with Gasteiger partial charge in [0.1, 0.15) is 11.6 Å². The van der Waals surface area contributed by atoms with E-state index in [1.165, 1.54) is 18.4 Å². The molecule has 0 radical (unpaired) electrons. The number of halogens is 1. The van der Waals surface area contributed by atoms with Crippen LogP contribution in [0.15, 0.2) is 18.2 Å².